The molecule has 2 heterocycles. The largest absolute Gasteiger partial charge is 0.457 e. The Kier molecular flexibility index (Phi) is 3.73. The average Bonchev–Trinajstić information content (AvgIpc) is 3.13. The Labute approximate surface area is 142 Å². The molecule has 0 unspecified atom stereocenters. The SMILES string of the molecule is Cc1ccc2c(COC(=O)c3cc4c(s3)CCC4)cc(=O)oc2c1. The van der Waals surface area contributed by atoms with Crippen molar-refractivity contribution in [2.75, 3.05) is 0 Å². The minimum absolute atomic E-state index is 0.0621. The summed E-state index contributed by atoms with van der Waals surface area (Å²) >= 11 is 1.52. The highest BCUT2D eigenvalue weighted by Crippen LogP contribution is 2.31. The highest BCUT2D eigenvalue weighted by Gasteiger charge is 2.19. The molecular weight excluding hydrogens is 324 g/mol. The summed E-state index contributed by atoms with van der Waals surface area (Å²) in [5.41, 5.74) is 3.03. The van der Waals surface area contributed by atoms with E-state index < -0.39 is 5.63 Å². The van der Waals surface area contributed by atoms with E-state index in [1.54, 1.807) is 0 Å². The molecule has 0 bridgehead atoms. The first-order valence-corrected chi connectivity index (χ1v) is 8.74. The van der Waals surface area contributed by atoms with Crippen molar-refractivity contribution in [3.8, 4) is 0 Å². The van der Waals surface area contributed by atoms with Crippen molar-refractivity contribution in [3.63, 3.8) is 0 Å². The molecule has 0 amide bonds. The van der Waals surface area contributed by atoms with Crippen molar-refractivity contribution >= 4 is 28.3 Å². The Morgan fingerprint density at radius 2 is 2.12 bits per heavy atom. The van der Waals surface area contributed by atoms with E-state index >= 15 is 0 Å². The summed E-state index contributed by atoms with van der Waals surface area (Å²) < 4.78 is 10.7. The van der Waals surface area contributed by atoms with Gasteiger partial charge in [-0.3, -0.25) is 0 Å². The van der Waals surface area contributed by atoms with Crippen molar-refractivity contribution in [3.05, 3.63) is 67.2 Å². The number of fused-ring (bicyclic) bond motifs is 2. The van der Waals surface area contributed by atoms with Crippen molar-refractivity contribution in [2.24, 2.45) is 0 Å². The number of thiophene rings is 1. The summed E-state index contributed by atoms with van der Waals surface area (Å²) in [6, 6.07) is 8.97. The minimum Gasteiger partial charge on any atom is -0.457 e. The number of hydrogen-bond acceptors (Lipinski definition) is 5. The molecule has 0 atom stereocenters. The van der Waals surface area contributed by atoms with Crippen molar-refractivity contribution in [1.82, 2.24) is 0 Å². The highest BCUT2D eigenvalue weighted by atomic mass is 32.1. The number of aryl methyl sites for hydroxylation is 3. The molecule has 5 heteroatoms. The standard InChI is InChI=1S/C19H16O4S/c1-11-5-6-14-13(9-18(20)23-15(14)7-11)10-22-19(21)17-8-12-3-2-4-16(12)24-17/h5-9H,2-4,10H2,1H3. The van der Waals surface area contributed by atoms with Crippen molar-refractivity contribution < 1.29 is 13.9 Å². The smallest absolute Gasteiger partial charge is 0.348 e. The molecule has 3 aromatic rings. The monoisotopic (exact) mass is 340 g/mol. The normalized spacial score (nSPS) is 13.2. The van der Waals surface area contributed by atoms with Crippen LogP contribution in [0.5, 0.6) is 0 Å². The molecule has 0 saturated heterocycles. The van der Waals surface area contributed by atoms with Gasteiger partial charge in [-0.15, -0.1) is 11.3 Å². The third-order valence-corrected chi connectivity index (χ3v) is 5.51. The van der Waals surface area contributed by atoms with E-state index in [0.717, 1.165) is 23.8 Å². The molecule has 0 radical (unpaired) electrons. The predicted molar refractivity (Wildman–Crippen MR) is 92.7 cm³/mol. The molecule has 1 aliphatic carbocycles. The summed E-state index contributed by atoms with van der Waals surface area (Å²) in [5.74, 6) is -0.331. The maximum atomic E-state index is 12.3. The van der Waals surface area contributed by atoms with Gasteiger partial charge in [-0.1, -0.05) is 12.1 Å². The molecule has 1 aliphatic rings. The number of carbonyl (C=O) groups is 1. The lowest BCUT2D eigenvalue weighted by molar-refractivity contribution is 0.0479. The van der Waals surface area contributed by atoms with Crippen LogP contribution in [-0.4, -0.2) is 5.97 Å². The zero-order valence-corrected chi connectivity index (χ0v) is 14.1. The Hall–Kier alpha value is -2.40. The minimum atomic E-state index is -0.436. The van der Waals surface area contributed by atoms with Crippen LogP contribution in [0.2, 0.25) is 0 Å². The van der Waals surface area contributed by atoms with Crippen LogP contribution in [0.15, 0.2) is 39.5 Å². The van der Waals surface area contributed by atoms with Gasteiger partial charge in [0, 0.05) is 21.9 Å². The van der Waals surface area contributed by atoms with E-state index in [-0.39, 0.29) is 12.6 Å². The lowest BCUT2D eigenvalue weighted by atomic mass is 10.1. The Bertz CT molecular complexity index is 975. The van der Waals surface area contributed by atoms with Crippen LogP contribution in [0.1, 0.15) is 37.7 Å². The van der Waals surface area contributed by atoms with E-state index in [1.165, 1.54) is 34.3 Å². The van der Waals surface area contributed by atoms with Crippen LogP contribution >= 0.6 is 11.3 Å². The molecule has 0 saturated carbocycles. The van der Waals surface area contributed by atoms with Gasteiger partial charge >= 0.3 is 11.6 Å². The van der Waals surface area contributed by atoms with Crippen LogP contribution in [0, 0.1) is 6.92 Å². The molecule has 4 nitrogen and oxygen atoms in total. The predicted octanol–water partition coefficient (Wildman–Crippen LogP) is 4.01. The number of carbonyl (C=O) groups excluding carboxylic acids is 1. The molecular formula is C19H16O4S. The quantitative estimate of drug-likeness (QED) is 0.534. The molecule has 1 aromatic carbocycles. The fraction of sp³-hybridized carbons (Fsp3) is 0.263. The van der Waals surface area contributed by atoms with Gasteiger partial charge in [0.25, 0.3) is 0 Å². The van der Waals surface area contributed by atoms with Gasteiger partial charge in [-0.05, 0) is 49.4 Å². The van der Waals surface area contributed by atoms with Crippen LogP contribution in [0.25, 0.3) is 11.0 Å². The zero-order chi connectivity index (χ0) is 16.7. The van der Waals surface area contributed by atoms with Gasteiger partial charge in [0.15, 0.2) is 0 Å². The zero-order valence-electron chi connectivity index (χ0n) is 13.3. The second-order valence-corrected chi connectivity index (χ2v) is 7.22. The lowest BCUT2D eigenvalue weighted by Crippen LogP contribution is -2.07. The number of rotatable bonds is 3. The summed E-state index contributed by atoms with van der Waals surface area (Å²) in [6.07, 6.45) is 3.27. The second-order valence-electron chi connectivity index (χ2n) is 6.08. The van der Waals surface area contributed by atoms with E-state index in [0.29, 0.717) is 16.0 Å². The fourth-order valence-corrected chi connectivity index (χ4v) is 4.25. The number of benzene rings is 1. The van der Waals surface area contributed by atoms with Gasteiger partial charge in [0.05, 0.1) is 0 Å². The van der Waals surface area contributed by atoms with Gasteiger partial charge < -0.3 is 9.15 Å². The maximum absolute atomic E-state index is 12.3. The van der Waals surface area contributed by atoms with Crippen LogP contribution < -0.4 is 5.63 Å². The molecule has 4 rings (SSSR count). The molecule has 0 aliphatic heterocycles. The van der Waals surface area contributed by atoms with Gasteiger partial charge in [-0.25, -0.2) is 9.59 Å². The van der Waals surface area contributed by atoms with Crippen LogP contribution in [-0.2, 0) is 24.2 Å². The van der Waals surface area contributed by atoms with Gasteiger partial charge in [0.1, 0.15) is 17.1 Å². The van der Waals surface area contributed by atoms with Gasteiger partial charge in [0.2, 0.25) is 0 Å². The summed E-state index contributed by atoms with van der Waals surface area (Å²) in [5, 5.41) is 0.793. The Morgan fingerprint density at radius 3 is 2.96 bits per heavy atom. The summed E-state index contributed by atoms with van der Waals surface area (Å²) in [4.78, 5) is 25.9. The first kappa shape index (κ1) is 15.1. The summed E-state index contributed by atoms with van der Waals surface area (Å²) in [6.45, 7) is 1.99. The van der Waals surface area contributed by atoms with Crippen LogP contribution in [0.3, 0.4) is 0 Å². The average molecular weight is 340 g/mol. The first-order valence-electron chi connectivity index (χ1n) is 7.92. The fourth-order valence-electron chi connectivity index (χ4n) is 3.10. The Morgan fingerprint density at radius 1 is 1.25 bits per heavy atom. The number of esters is 1. The van der Waals surface area contributed by atoms with Gasteiger partial charge in [-0.2, -0.15) is 0 Å². The summed E-state index contributed by atoms with van der Waals surface area (Å²) in [7, 11) is 0. The second kappa shape index (κ2) is 5.91. The van der Waals surface area contributed by atoms with E-state index in [9.17, 15) is 9.59 Å². The van der Waals surface area contributed by atoms with Crippen molar-refractivity contribution in [2.45, 2.75) is 32.8 Å². The highest BCUT2D eigenvalue weighted by molar-refractivity contribution is 7.14. The molecule has 0 N–H and O–H groups in total. The number of hydrogen-bond donors (Lipinski definition) is 0. The first-order chi connectivity index (χ1) is 11.6. The molecule has 2 aromatic heterocycles. The van der Waals surface area contributed by atoms with Crippen molar-refractivity contribution in [1.29, 1.82) is 0 Å². The van der Waals surface area contributed by atoms with E-state index in [4.69, 9.17) is 9.15 Å². The lowest BCUT2D eigenvalue weighted by Gasteiger charge is -2.07. The molecule has 122 valence electrons. The Balaban J connectivity index is 1.58. The molecule has 24 heavy (non-hydrogen) atoms. The van der Waals surface area contributed by atoms with Crippen LogP contribution in [0.4, 0.5) is 0 Å². The number of ether oxygens (including phenoxy) is 1. The maximum Gasteiger partial charge on any atom is 0.348 e. The molecule has 0 fully saturated rings. The topological polar surface area (TPSA) is 56.5 Å². The third kappa shape index (κ3) is 2.76. The third-order valence-electron chi connectivity index (χ3n) is 4.29. The van der Waals surface area contributed by atoms with E-state index in [1.807, 2.05) is 31.2 Å². The molecule has 0 spiro atoms. The van der Waals surface area contributed by atoms with E-state index in [2.05, 4.69) is 0 Å².